The standard InChI is InChI=1S/C24H40N4O2.HI/c1-20-7-9-21(10-8-20)23(27-13-4-5-14-27)19-26-24(25-2)28-15-11-22(12-16-28)30-18-6-17-29-3;/h7-10,22-23H,4-6,11-19H2,1-3H3,(H,25,26);1H. The van der Waals surface area contributed by atoms with Crippen LogP contribution in [0, 0.1) is 6.92 Å². The molecule has 0 aliphatic carbocycles. The van der Waals surface area contributed by atoms with E-state index < -0.39 is 0 Å². The Morgan fingerprint density at radius 2 is 1.77 bits per heavy atom. The van der Waals surface area contributed by atoms with Crippen molar-refractivity contribution in [3.63, 3.8) is 0 Å². The fourth-order valence-electron chi connectivity index (χ4n) is 4.51. The van der Waals surface area contributed by atoms with Crippen molar-refractivity contribution < 1.29 is 9.47 Å². The van der Waals surface area contributed by atoms with Gasteiger partial charge >= 0.3 is 0 Å². The first-order valence-electron chi connectivity index (χ1n) is 11.6. The molecular formula is C24H41IN4O2. The molecule has 0 radical (unpaired) electrons. The largest absolute Gasteiger partial charge is 0.385 e. The molecule has 6 nitrogen and oxygen atoms in total. The third-order valence-electron chi connectivity index (χ3n) is 6.30. The summed E-state index contributed by atoms with van der Waals surface area (Å²) >= 11 is 0. The van der Waals surface area contributed by atoms with E-state index in [2.05, 4.69) is 51.3 Å². The molecule has 1 aromatic rings. The third-order valence-corrected chi connectivity index (χ3v) is 6.30. The Bertz CT molecular complexity index is 641. The molecule has 0 aromatic heterocycles. The first-order valence-corrected chi connectivity index (χ1v) is 11.6. The minimum absolute atomic E-state index is 0. The van der Waals surface area contributed by atoms with E-state index in [9.17, 15) is 0 Å². The number of piperidine rings is 1. The molecule has 0 bridgehead atoms. The molecule has 1 unspecified atom stereocenters. The minimum Gasteiger partial charge on any atom is -0.385 e. The highest BCUT2D eigenvalue weighted by atomic mass is 127. The summed E-state index contributed by atoms with van der Waals surface area (Å²) in [5, 5.41) is 3.68. The summed E-state index contributed by atoms with van der Waals surface area (Å²) in [6.07, 6.45) is 6.05. The van der Waals surface area contributed by atoms with Crippen molar-refractivity contribution >= 4 is 29.9 Å². The lowest BCUT2D eigenvalue weighted by Crippen LogP contribution is -2.49. The maximum Gasteiger partial charge on any atom is 0.193 e. The van der Waals surface area contributed by atoms with Crippen LogP contribution in [0.25, 0.3) is 0 Å². The summed E-state index contributed by atoms with van der Waals surface area (Å²) in [6, 6.07) is 9.42. The van der Waals surface area contributed by atoms with Crippen LogP contribution in [0.15, 0.2) is 29.3 Å². The number of hydrogen-bond acceptors (Lipinski definition) is 4. The van der Waals surface area contributed by atoms with Gasteiger partial charge in [-0.2, -0.15) is 0 Å². The van der Waals surface area contributed by atoms with Gasteiger partial charge in [-0.1, -0.05) is 29.8 Å². The van der Waals surface area contributed by atoms with Crippen LogP contribution in [-0.2, 0) is 9.47 Å². The Morgan fingerprint density at radius 3 is 2.39 bits per heavy atom. The first-order chi connectivity index (χ1) is 14.7. The van der Waals surface area contributed by atoms with Crippen LogP contribution in [0.4, 0.5) is 0 Å². The van der Waals surface area contributed by atoms with Crippen LogP contribution < -0.4 is 5.32 Å². The average Bonchev–Trinajstić information content (AvgIpc) is 3.30. The van der Waals surface area contributed by atoms with Crippen LogP contribution in [-0.4, -0.2) is 82.0 Å². The fraction of sp³-hybridized carbons (Fsp3) is 0.708. The Hall–Kier alpha value is -0.900. The summed E-state index contributed by atoms with van der Waals surface area (Å²) < 4.78 is 11.1. The second-order valence-corrected chi connectivity index (χ2v) is 8.50. The molecular weight excluding hydrogens is 503 g/mol. The average molecular weight is 545 g/mol. The molecule has 0 saturated carbocycles. The molecule has 2 fully saturated rings. The van der Waals surface area contributed by atoms with Crippen molar-refractivity contribution in [3.05, 3.63) is 35.4 Å². The molecule has 7 heteroatoms. The van der Waals surface area contributed by atoms with Gasteiger partial charge in [0, 0.05) is 47.0 Å². The van der Waals surface area contributed by atoms with Crippen LogP contribution in [0.5, 0.6) is 0 Å². The molecule has 1 atom stereocenters. The Kier molecular flexibility index (Phi) is 12.1. The number of nitrogens with zero attached hydrogens (tertiary/aromatic N) is 3. The molecule has 2 saturated heterocycles. The van der Waals surface area contributed by atoms with Gasteiger partial charge in [0.2, 0.25) is 0 Å². The van der Waals surface area contributed by atoms with Gasteiger partial charge in [-0.25, -0.2) is 0 Å². The lowest BCUT2D eigenvalue weighted by atomic mass is 10.0. The maximum absolute atomic E-state index is 6.01. The van der Waals surface area contributed by atoms with Crippen molar-refractivity contribution in [2.24, 2.45) is 4.99 Å². The van der Waals surface area contributed by atoms with Crippen molar-refractivity contribution in [1.82, 2.24) is 15.1 Å². The molecule has 1 N–H and O–H groups in total. The summed E-state index contributed by atoms with van der Waals surface area (Å²) in [7, 11) is 3.64. The van der Waals surface area contributed by atoms with E-state index in [-0.39, 0.29) is 24.0 Å². The van der Waals surface area contributed by atoms with Crippen molar-refractivity contribution in [2.45, 2.75) is 51.2 Å². The third kappa shape index (κ3) is 8.18. The Morgan fingerprint density at radius 1 is 1.10 bits per heavy atom. The Balaban J connectivity index is 0.00000341. The number of benzene rings is 1. The van der Waals surface area contributed by atoms with Crippen LogP contribution in [0.1, 0.15) is 49.3 Å². The van der Waals surface area contributed by atoms with E-state index in [1.54, 1.807) is 7.11 Å². The van der Waals surface area contributed by atoms with E-state index in [1.165, 1.54) is 37.1 Å². The number of ether oxygens (including phenoxy) is 2. The quantitative estimate of drug-likeness (QED) is 0.222. The van der Waals surface area contributed by atoms with Gasteiger partial charge in [-0.05, 0) is 57.7 Å². The zero-order valence-corrected chi connectivity index (χ0v) is 21.8. The summed E-state index contributed by atoms with van der Waals surface area (Å²) in [6.45, 7) is 8.97. The number of aryl methyl sites for hydroxylation is 1. The monoisotopic (exact) mass is 544 g/mol. The van der Waals surface area contributed by atoms with Crippen LogP contribution in [0.3, 0.4) is 0 Å². The zero-order chi connectivity index (χ0) is 21.2. The second kappa shape index (κ2) is 14.3. The number of hydrogen-bond donors (Lipinski definition) is 1. The topological polar surface area (TPSA) is 49.3 Å². The molecule has 31 heavy (non-hydrogen) atoms. The molecule has 2 heterocycles. The normalized spacial score (nSPS) is 19.3. The SMILES string of the molecule is CN=C(NCC(c1ccc(C)cc1)N1CCCC1)N1CCC(OCCCOC)CC1.I. The minimum atomic E-state index is 0. The number of methoxy groups -OCH3 is 1. The molecule has 176 valence electrons. The second-order valence-electron chi connectivity index (χ2n) is 8.50. The summed E-state index contributed by atoms with van der Waals surface area (Å²) in [4.78, 5) is 9.58. The predicted octanol–water partition coefficient (Wildman–Crippen LogP) is 3.84. The Labute approximate surface area is 205 Å². The van der Waals surface area contributed by atoms with E-state index in [0.29, 0.717) is 12.1 Å². The summed E-state index contributed by atoms with van der Waals surface area (Å²) in [5.74, 6) is 1.02. The highest BCUT2D eigenvalue weighted by molar-refractivity contribution is 14.0. The molecule has 0 amide bonds. The van der Waals surface area contributed by atoms with Crippen molar-refractivity contribution in [2.75, 3.05) is 60.1 Å². The van der Waals surface area contributed by atoms with Gasteiger partial charge in [0.1, 0.15) is 0 Å². The van der Waals surface area contributed by atoms with Gasteiger partial charge in [0.15, 0.2) is 5.96 Å². The van der Waals surface area contributed by atoms with Crippen molar-refractivity contribution in [1.29, 1.82) is 0 Å². The molecule has 2 aliphatic heterocycles. The maximum atomic E-state index is 6.01. The molecule has 2 aliphatic rings. The van der Waals surface area contributed by atoms with E-state index >= 15 is 0 Å². The lowest BCUT2D eigenvalue weighted by molar-refractivity contribution is 0.00986. The highest BCUT2D eigenvalue weighted by Crippen LogP contribution is 2.25. The number of aliphatic imine (C=N–C) groups is 1. The number of halogens is 1. The van der Waals surface area contributed by atoms with Crippen LogP contribution >= 0.6 is 24.0 Å². The lowest BCUT2D eigenvalue weighted by Gasteiger charge is -2.35. The van der Waals surface area contributed by atoms with Gasteiger partial charge in [0.25, 0.3) is 0 Å². The number of rotatable bonds is 9. The van der Waals surface area contributed by atoms with E-state index in [0.717, 1.165) is 58.1 Å². The first kappa shape index (κ1) is 26.4. The van der Waals surface area contributed by atoms with Gasteiger partial charge < -0.3 is 19.7 Å². The molecule has 3 rings (SSSR count). The van der Waals surface area contributed by atoms with Gasteiger partial charge in [-0.3, -0.25) is 9.89 Å². The number of likely N-dealkylation sites (tertiary alicyclic amines) is 2. The van der Waals surface area contributed by atoms with Gasteiger partial charge in [-0.15, -0.1) is 24.0 Å². The number of guanidine groups is 1. The smallest absolute Gasteiger partial charge is 0.193 e. The highest BCUT2D eigenvalue weighted by Gasteiger charge is 2.26. The molecule has 0 spiro atoms. The number of nitrogens with one attached hydrogen (secondary N) is 1. The van der Waals surface area contributed by atoms with Crippen molar-refractivity contribution in [3.8, 4) is 0 Å². The van der Waals surface area contributed by atoms with Crippen LogP contribution in [0.2, 0.25) is 0 Å². The van der Waals surface area contributed by atoms with Gasteiger partial charge in [0.05, 0.1) is 12.1 Å². The summed E-state index contributed by atoms with van der Waals surface area (Å²) in [5.41, 5.74) is 2.71. The van der Waals surface area contributed by atoms with E-state index in [1.807, 2.05) is 7.05 Å². The zero-order valence-electron chi connectivity index (χ0n) is 19.5. The fourth-order valence-corrected chi connectivity index (χ4v) is 4.51. The predicted molar refractivity (Wildman–Crippen MR) is 139 cm³/mol. The molecule has 1 aromatic carbocycles. The van der Waals surface area contributed by atoms with E-state index in [4.69, 9.17) is 9.47 Å².